The molecule has 0 aromatic heterocycles. The number of ether oxygens (including phenoxy) is 6. The van der Waals surface area contributed by atoms with E-state index >= 15 is 0 Å². The molecule has 0 unspecified atom stereocenters. The van der Waals surface area contributed by atoms with Crippen LogP contribution in [-0.4, -0.2) is 65.9 Å². The predicted molar refractivity (Wildman–Crippen MR) is 114 cm³/mol. The topological polar surface area (TPSA) is 72.5 Å². The summed E-state index contributed by atoms with van der Waals surface area (Å²) >= 11 is 0. The molecule has 0 bridgehead atoms. The third-order valence-electron chi connectivity index (χ3n) is 4.03. The van der Waals surface area contributed by atoms with E-state index in [0.29, 0.717) is 51.8 Å². The van der Waals surface area contributed by atoms with E-state index in [4.69, 9.17) is 28.4 Å². The molecule has 2 rings (SSSR count). The van der Waals surface area contributed by atoms with Gasteiger partial charge in [0, 0.05) is 18.1 Å². The van der Waals surface area contributed by atoms with Crippen LogP contribution in [-0.2, 0) is 23.7 Å². The number of hydrogen-bond donors (Lipinski definition) is 0. The van der Waals surface area contributed by atoms with Crippen LogP contribution in [0.2, 0.25) is 0 Å². The van der Waals surface area contributed by atoms with E-state index < -0.39 is 5.97 Å². The van der Waals surface area contributed by atoms with E-state index in [2.05, 4.69) is 6.58 Å². The average molecular weight is 418 g/mol. The van der Waals surface area contributed by atoms with E-state index in [-0.39, 0.29) is 6.61 Å². The van der Waals surface area contributed by atoms with Gasteiger partial charge in [0.2, 0.25) is 0 Å². The molecule has 0 heterocycles. The first kappa shape index (κ1) is 23.7. The number of benzene rings is 2. The van der Waals surface area contributed by atoms with E-state index in [1.54, 1.807) is 14.0 Å². The van der Waals surface area contributed by atoms with E-state index in [0.717, 1.165) is 22.3 Å². The normalized spacial score (nSPS) is 10.7. The van der Waals surface area contributed by atoms with Gasteiger partial charge < -0.3 is 28.4 Å². The molecule has 0 aliphatic rings. The molecule has 7 nitrogen and oxygen atoms in total. The zero-order chi connectivity index (χ0) is 21.6. The third-order valence-corrected chi connectivity index (χ3v) is 4.03. The van der Waals surface area contributed by atoms with Crippen LogP contribution in [0.5, 0.6) is 11.5 Å². The molecule has 2 aromatic carbocycles. The number of carbonyl (C=O) groups excluding carboxylic acids is 1. The molecular weight excluding hydrogens is 388 g/mol. The van der Waals surface area contributed by atoms with Crippen molar-refractivity contribution in [3.8, 4) is 11.5 Å². The summed E-state index contributed by atoms with van der Waals surface area (Å²) in [6.07, 6.45) is 0. The molecule has 0 atom stereocenters. The van der Waals surface area contributed by atoms with Gasteiger partial charge in [-0.15, -0.1) is 0 Å². The minimum Gasteiger partial charge on any atom is -0.491 e. The highest BCUT2D eigenvalue weighted by Crippen LogP contribution is 2.28. The zero-order valence-electron chi connectivity index (χ0n) is 17.7. The fourth-order valence-corrected chi connectivity index (χ4v) is 2.54. The lowest BCUT2D eigenvalue weighted by Gasteiger charge is -2.11. The summed E-state index contributed by atoms with van der Waals surface area (Å²) in [4.78, 5) is 11.2. The van der Waals surface area contributed by atoms with Gasteiger partial charge in [0.1, 0.15) is 31.3 Å². The maximum atomic E-state index is 11.2. The molecular formula is C23H30O7. The highest BCUT2D eigenvalue weighted by molar-refractivity contribution is 5.89. The van der Waals surface area contributed by atoms with Crippen molar-refractivity contribution in [2.24, 2.45) is 0 Å². The zero-order valence-corrected chi connectivity index (χ0v) is 17.7. The molecule has 0 saturated heterocycles. The predicted octanol–water partition coefficient (Wildman–Crippen LogP) is 3.40. The summed E-state index contributed by atoms with van der Waals surface area (Å²) in [5.41, 5.74) is 0.376. The van der Waals surface area contributed by atoms with Crippen LogP contribution in [0.3, 0.4) is 0 Å². The van der Waals surface area contributed by atoms with E-state index in [1.165, 1.54) is 0 Å². The molecule has 0 spiro atoms. The van der Waals surface area contributed by atoms with Gasteiger partial charge in [-0.25, -0.2) is 4.79 Å². The summed E-state index contributed by atoms with van der Waals surface area (Å²) < 4.78 is 32.3. The van der Waals surface area contributed by atoms with Crippen molar-refractivity contribution in [2.75, 3.05) is 60.0 Å². The minimum absolute atomic E-state index is 0.204. The Morgan fingerprint density at radius 3 is 2.30 bits per heavy atom. The molecule has 7 heteroatoms. The Bertz CT molecular complexity index is 803. The first-order valence-corrected chi connectivity index (χ1v) is 9.87. The molecule has 0 amide bonds. The molecule has 30 heavy (non-hydrogen) atoms. The Labute approximate surface area is 177 Å². The second-order valence-corrected chi connectivity index (χ2v) is 6.47. The minimum atomic E-state index is -0.407. The number of esters is 1. The first-order valence-electron chi connectivity index (χ1n) is 9.87. The number of carbonyl (C=O) groups is 1. The summed E-state index contributed by atoms with van der Waals surface area (Å²) in [5.74, 6) is 1.19. The Balaban J connectivity index is 1.61. The molecule has 0 radical (unpaired) electrons. The SMILES string of the molecule is C=C(C)C(=O)OCCOCCOCCOc1ccc2c(OCCOC)cccc2c1. The van der Waals surface area contributed by atoms with Crippen molar-refractivity contribution < 1.29 is 33.2 Å². The van der Waals surface area contributed by atoms with Crippen molar-refractivity contribution in [2.45, 2.75) is 6.92 Å². The van der Waals surface area contributed by atoms with Gasteiger partial charge in [-0.05, 0) is 36.6 Å². The first-order chi connectivity index (χ1) is 14.6. The lowest BCUT2D eigenvalue weighted by molar-refractivity contribution is -0.140. The summed E-state index contributed by atoms with van der Waals surface area (Å²) in [7, 11) is 1.65. The van der Waals surface area contributed by atoms with Gasteiger partial charge in [0.15, 0.2) is 0 Å². The standard InChI is InChI=1S/C23H30O7/c1-18(2)23(24)30-16-13-27-11-10-26-12-15-28-20-7-8-21-19(17-20)5-4-6-22(21)29-14-9-25-3/h4-8,17H,1,9-16H2,2-3H3. The number of hydrogen-bond acceptors (Lipinski definition) is 7. The van der Waals surface area contributed by atoms with Crippen LogP contribution >= 0.6 is 0 Å². The molecule has 0 aliphatic carbocycles. The van der Waals surface area contributed by atoms with Crippen LogP contribution in [0, 0.1) is 0 Å². The Kier molecular flexibility index (Phi) is 10.7. The lowest BCUT2D eigenvalue weighted by atomic mass is 10.1. The van der Waals surface area contributed by atoms with Crippen LogP contribution in [0.4, 0.5) is 0 Å². The lowest BCUT2D eigenvalue weighted by Crippen LogP contribution is -2.14. The van der Waals surface area contributed by atoms with Crippen molar-refractivity contribution in [1.82, 2.24) is 0 Å². The molecule has 0 N–H and O–H groups in total. The number of methoxy groups -OCH3 is 1. The summed E-state index contributed by atoms with van der Waals surface area (Å²) in [6, 6.07) is 11.8. The fourth-order valence-electron chi connectivity index (χ4n) is 2.54. The molecule has 0 aliphatic heterocycles. The van der Waals surface area contributed by atoms with E-state index in [1.807, 2.05) is 36.4 Å². The highest BCUT2D eigenvalue weighted by atomic mass is 16.6. The fraction of sp³-hybridized carbons (Fsp3) is 0.435. The van der Waals surface area contributed by atoms with Gasteiger partial charge in [-0.3, -0.25) is 0 Å². The number of fused-ring (bicyclic) bond motifs is 1. The second kappa shape index (κ2) is 13.6. The number of rotatable bonds is 15. The average Bonchev–Trinajstić information content (AvgIpc) is 2.75. The Hall–Kier alpha value is -2.61. The molecule has 0 saturated carbocycles. The second-order valence-electron chi connectivity index (χ2n) is 6.47. The quantitative estimate of drug-likeness (QED) is 0.249. The largest absolute Gasteiger partial charge is 0.491 e. The van der Waals surface area contributed by atoms with Gasteiger partial charge >= 0.3 is 5.97 Å². The summed E-state index contributed by atoms with van der Waals surface area (Å²) in [6.45, 7) is 8.45. The van der Waals surface area contributed by atoms with Crippen molar-refractivity contribution in [3.05, 3.63) is 48.6 Å². The maximum absolute atomic E-state index is 11.2. The van der Waals surface area contributed by atoms with Crippen molar-refractivity contribution >= 4 is 16.7 Å². The Morgan fingerprint density at radius 2 is 1.57 bits per heavy atom. The summed E-state index contributed by atoms with van der Waals surface area (Å²) in [5, 5.41) is 2.08. The molecule has 164 valence electrons. The van der Waals surface area contributed by atoms with Gasteiger partial charge in [0.25, 0.3) is 0 Å². The van der Waals surface area contributed by atoms with Gasteiger partial charge in [0.05, 0.1) is 33.0 Å². The van der Waals surface area contributed by atoms with Crippen molar-refractivity contribution in [1.29, 1.82) is 0 Å². The van der Waals surface area contributed by atoms with Crippen molar-refractivity contribution in [3.63, 3.8) is 0 Å². The third kappa shape index (κ3) is 8.41. The highest BCUT2D eigenvalue weighted by Gasteiger charge is 2.04. The maximum Gasteiger partial charge on any atom is 0.333 e. The molecule has 0 fully saturated rings. The monoisotopic (exact) mass is 418 g/mol. The van der Waals surface area contributed by atoms with E-state index in [9.17, 15) is 4.79 Å². The van der Waals surface area contributed by atoms with Crippen LogP contribution < -0.4 is 9.47 Å². The van der Waals surface area contributed by atoms with Gasteiger partial charge in [-0.2, -0.15) is 0 Å². The van der Waals surface area contributed by atoms with Crippen LogP contribution in [0.25, 0.3) is 10.8 Å². The van der Waals surface area contributed by atoms with Crippen LogP contribution in [0.1, 0.15) is 6.92 Å². The Morgan fingerprint density at radius 1 is 0.867 bits per heavy atom. The molecule has 2 aromatic rings. The van der Waals surface area contributed by atoms with Gasteiger partial charge in [-0.1, -0.05) is 18.7 Å². The smallest absolute Gasteiger partial charge is 0.333 e. The van der Waals surface area contributed by atoms with Crippen LogP contribution in [0.15, 0.2) is 48.6 Å².